The van der Waals surface area contributed by atoms with Gasteiger partial charge >= 0.3 is 0 Å². The van der Waals surface area contributed by atoms with E-state index in [1.807, 2.05) is 6.07 Å². The van der Waals surface area contributed by atoms with Gasteiger partial charge in [-0.25, -0.2) is 15.0 Å². The van der Waals surface area contributed by atoms with Gasteiger partial charge < -0.3 is 5.73 Å². The van der Waals surface area contributed by atoms with Gasteiger partial charge in [0.2, 0.25) is 5.95 Å². The van der Waals surface area contributed by atoms with Crippen molar-refractivity contribution >= 4 is 17.3 Å². The van der Waals surface area contributed by atoms with Gasteiger partial charge in [-0.2, -0.15) is 0 Å². The summed E-state index contributed by atoms with van der Waals surface area (Å²) in [6, 6.07) is 1.84. The minimum atomic E-state index is 0.0618. The molecular weight excluding hydrogens is 232 g/mol. The van der Waals surface area contributed by atoms with Gasteiger partial charge in [0.25, 0.3) is 0 Å². The molecule has 0 bridgehead atoms. The van der Waals surface area contributed by atoms with Crippen LogP contribution in [-0.2, 0) is 5.41 Å². The molecule has 17 heavy (non-hydrogen) atoms. The van der Waals surface area contributed by atoms with Crippen LogP contribution >= 0.6 is 11.3 Å². The quantitative estimate of drug-likeness (QED) is 0.842. The number of rotatable bonds is 1. The van der Waals surface area contributed by atoms with E-state index < -0.39 is 0 Å². The lowest BCUT2D eigenvalue weighted by Gasteiger charge is -2.13. The minimum Gasteiger partial charge on any atom is -0.368 e. The molecule has 0 aliphatic carbocycles. The van der Waals surface area contributed by atoms with Crippen LogP contribution in [0.2, 0.25) is 0 Å². The van der Waals surface area contributed by atoms with E-state index in [0.717, 1.165) is 21.3 Å². The number of nitrogen functional groups attached to an aromatic ring is 1. The molecule has 0 aromatic carbocycles. The predicted octanol–water partition coefficient (Wildman–Crippen LogP) is 2.79. The van der Waals surface area contributed by atoms with Crippen molar-refractivity contribution in [2.75, 3.05) is 5.73 Å². The highest BCUT2D eigenvalue weighted by atomic mass is 32.1. The van der Waals surface area contributed by atoms with Crippen LogP contribution in [0.1, 0.15) is 30.7 Å². The van der Waals surface area contributed by atoms with Gasteiger partial charge in [0.15, 0.2) is 0 Å². The van der Waals surface area contributed by atoms with Crippen LogP contribution in [0.4, 0.5) is 5.95 Å². The van der Waals surface area contributed by atoms with Crippen LogP contribution in [-0.4, -0.2) is 15.0 Å². The number of nitrogens with two attached hydrogens (primary N) is 1. The van der Waals surface area contributed by atoms with E-state index in [4.69, 9.17) is 5.73 Å². The Morgan fingerprint density at radius 1 is 1.24 bits per heavy atom. The second-order valence-electron chi connectivity index (χ2n) is 4.97. The summed E-state index contributed by atoms with van der Waals surface area (Å²) in [5.41, 5.74) is 7.36. The lowest BCUT2D eigenvalue weighted by atomic mass is 9.98. The van der Waals surface area contributed by atoms with Gasteiger partial charge in [-0.1, -0.05) is 20.8 Å². The van der Waals surface area contributed by atoms with Crippen LogP contribution in [0.25, 0.3) is 11.4 Å². The fourth-order valence-electron chi connectivity index (χ4n) is 1.46. The van der Waals surface area contributed by atoms with Gasteiger partial charge in [-0.3, -0.25) is 0 Å². The molecule has 2 N–H and O–H groups in total. The molecule has 0 saturated heterocycles. The molecule has 0 aliphatic rings. The monoisotopic (exact) mass is 248 g/mol. The molecule has 0 amide bonds. The normalized spacial score (nSPS) is 11.8. The van der Waals surface area contributed by atoms with E-state index in [1.165, 1.54) is 0 Å². The Bertz CT molecular complexity index is 540. The SMILES string of the molecule is Cc1sc(C(C)(C)C)nc1-c1ccnc(N)n1. The van der Waals surface area contributed by atoms with Crippen LogP contribution < -0.4 is 5.73 Å². The zero-order valence-corrected chi connectivity index (χ0v) is 11.3. The molecule has 0 unspecified atom stereocenters. The summed E-state index contributed by atoms with van der Waals surface area (Å²) in [5, 5.41) is 1.11. The van der Waals surface area contributed by atoms with Crippen LogP contribution in [0.15, 0.2) is 12.3 Å². The highest BCUT2D eigenvalue weighted by Gasteiger charge is 2.21. The first-order valence-electron chi connectivity index (χ1n) is 5.45. The van der Waals surface area contributed by atoms with E-state index in [-0.39, 0.29) is 11.4 Å². The summed E-state index contributed by atoms with van der Waals surface area (Å²) in [7, 11) is 0. The number of thiazole rings is 1. The molecule has 0 aliphatic heterocycles. The maximum atomic E-state index is 5.59. The van der Waals surface area contributed by atoms with Crippen LogP contribution in [0.5, 0.6) is 0 Å². The first kappa shape index (κ1) is 12.0. The maximum absolute atomic E-state index is 5.59. The second kappa shape index (κ2) is 4.07. The lowest BCUT2D eigenvalue weighted by molar-refractivity contribution is 0.586. The van der Waals surface area contributed by atoms with E-state index in [9.17, 15) is 0 Å². The maximum Gasteiger partial charge on any atom is 0.220 e. The van der Waals surface area contributed by atoms with Crippen molar-refractivity contribution in [1.82, 2.24) is 15.0 Å². The van der Waals surface area contributed by atoms with E-state index in [2.05, 4.69) is 42.6 Å². The molecule has 0 saturated carbocycles. The Labute approximate surface area is 105 Å². The van der Waals surface area contributed by atoms with Crippen molar-refractivity contribution in [2.45, 2.75) is 33.1 Å². The molecule has 5 heteroatoms. The zero-order valence-electron chi connectivity index (χ0n) is 10.5. The molecule has 90 valence electrons. The molecule has 2 heterocycles. The summed E-state index contributed by atoms with van der Waals surface area (Å²) in [6.45, 7) is 8.52. The Kier molecular flexibility index (Phi) is 2.87. The summed E-state index contributed by atoms with van der Waals surface area (Å²) in [4.78, 5) is 13.9. The molecule has 0 spiro atoms. The van der Waals surface area contributed by atoms with Crippen molar-refractivity contribution in [3.05, 3.63) is 22.1 Å². The minimum absolute atomic E-state index is 0.0618. The Balaban J connectivity index is 2.50. The molecule has 2 aromatic heterocycles. The summed E-state index contributed by atoms with van der Waals surface area (Å²) < 4.78 is 0. The first-order chi connectivity index (χ1) is 7.88. The second-order valence-corrected chi connectivity index (χ2v) is 6.18. The van der Waals surface area contributed by atoms with Gasteiger partial charge in [-0.05, 0) is 13.0 Å². The number of aromatic nitrogens is 3. The lowest BCUT2D eigenvalue weighted by Crippen LogP contribution is -2.10. The molecule has 4 nitrogen and oxygen atoms in total. The standard InChI is InChI=1S/C12H16N4S/c1-7-9(8-5-6-14-11(13)15-8)16-10(17-7)12(2,3)4/h5-6H,1-4H3,(H2,13,14,15). The zero-order chi connectivity index (χ0) is 12.6. The fraction of sp³-hybridized carbons (Fsp3) is 0.417. The molecule has 0 fully saturated rings. The van der Waals surface area contributed by atoms with Gasteiger partial charge in [0.05, 0.1) is 10.7 Å². The number of nitrogens with zero attached hydrogens (tertiary/aromatic N) is 3. The number of hydrogen-bond donors (Lipinski definition) is 1. The van der Waals surface area contributed by atoms with Crippen LogP contribution in [0, 0.1) is 6.92 Å². The van der Waals surface area contributed by atoms with Crippen molar-refractivity contribution in [2.24, 2.45) is 0 Å². The van der Waals surface area contributed by atoms with Gasteiger partial charge in [0.1, 0.15) is 5.69 Å². The van der Waals surface area contributed by atoms with Gasteiger partial charge in [-0.15, -0.1) is 11.3 Å². The van der Waals surface area contributed by atoms with Crippen molar-refractivity contribution in [3.63, 3.8) is 0 Å². The third-order valence-electron chi connectivity index (χ3n) is 2.36. The van der Waals surface area contributed by atoms with Gasteiger partial charge in [0, 0.05) is 16.5 Å². The highest BCUT2D eigenvalue weighted by molar-refractivity contribution is 7.12. The Morgan fingerprint density at radius 3 is 2.47 bits per heavy atom. The summed E-state index contributed by atoms with van der Waals surface area (Å²) in [5.74, 6) is 0.284. The van der Waals surface area contributed by atoms with E-state index in [1.54, 1.807) is 17.5 Å². The fourth-order valence-corrected chi connectivity index (χ4v) is 2.44. The van der Waals surface area contributed by atoms with E-state index >= 15 is 0 Å². The average molecular weight is 248 g/mol. The largest absolute Gasteiger partial charge is 0.368 e. The third-order valence-corrected chi connectivity index (χ3v) is 3.75. The Morgan fingerprint density at radius 2 is 1.94 bits per heavy atom. The summed E-state index contributed by atoms with van der Waals surface area (Å²) in [6.07, 6.45) is 1.66. The average Bonchev–Trinajstić information content (AvgIpc) is 2.60. The van der Waals surface area contributed by atoms with Crippen molar-refractivity contribution in [3.8, 4) is 11.4 Å². The summed E-state index contributed by atoms with van der Waals surface area (Å²) >= 11 is 1.71. The smallest absolute Gasteiger partial charge is 0.220 e. The molecule has 2 aromatic rings. The van der Waals surface area contributed by atoms with Crippen LogP contribution in [0.3, 0.4) is 0 Å². The Hall–Kier alpha value is -1.49. The number of hydrogen-bond acceptors (Lipinski definition) is 5. The van der Waals surface area contributed by atoms with Crippen molar-refractivity contribution in [1.29, 1.82) is 0 Å². The first-order valence-corrected chi connectivity index (χ1v) is 6.26. The number of anilines is 1. The molecule has 0 atom stereocenters. The molecular formula is C12H16N4S. The van der Waals surface area contributed by atoms with E-state index in [0.29, 0.717) is 0 Å². The van der Waals surface area contributed by atoms with Crippen molar-refractivity contribution < 1.29 is 0 Å². The predicted molar refractivity (Wildman–Crippen MR) is 71.0 cm³/mol. The molecule has 2 rings (SSSR count). The highest BCUT2D eigenvalue weighted by Crippen LogP contribution is 2.33. The molecule has 0 radical (unpaired) electrons. The topological polar surface area (TPSA) is 64.7 Å². The third kappa shape index (κ3) is 2.44. The number of aryl methyl sites for hydroxylation is 1.